The van der Waals surface area contributed by atoms with E-state index < -0.39 is 0 Å². The van der Waals surface area contributed by atoms with Gasteiger partial charge in [-0.2, -0.15) is 0 Å². The van der Waals surface area contributed by atoms with Crippen molar-refractivity contribution in [2.75, 3.05) is 23.7 Å². The van der Waals surface area contributed by atoms with Gasteiger partial charge in [-0.3, -0.25) is 14.1 Å². The molecule has 9 heteroatoms. The molecule has 8 nitrogen and oxygen atoms in total. The predicted octanol–water partition coefficient (Wildman–Crippen LogP) is 7.60. The maximum absolute atomic E-state index is 12.7. The van der Waals surface area contributed by atoms with Crippen molar-refractivity contribution in [1.82, 2.24) is 24.3 Å². The molecule has 2 N–H and O–H groups in total. The second-order valence-corrected chi connectivity index (χ2v) is 12.0. The molecule has 1 aliphatic heterocycles. The molecular formula is C35H33N7OS. The van der Waals surface area contributed by atoms with E-state index in [2.05, 4.69) is 51.7 Å². The summed E-state index contributed by atoms with van der Waals surface area (Å²) >= 11 is 1.58. The number of carbonyl (C=O) groups excluding carboxylic acids is 1. The Balaban J connectivity index is 1.17. The summed E-state index contributed by atoms with van der Waals surface area (Å²) < 4.78 is 2.04. The van der Waals surface area contributed by atoms with Crippen molar-refractivity contribution in [3.63, 3.8) is 0 Å². The van der Waals surface area contributed by atoms with Gasteiger partial charge in [0, 0.05) is 40.3 Å². The highest BCUT2D eigenvalue weighted by molar-refractivity contribution is 7.10. The normalized spacial score (nSPS) is 15.1. The SMILES string of the molecule is CCN1CCCC1c1ccc(Nc2nccc(-c3c(-c4cccc(NC(=O)Cc5cccs5)c4)nc4ccccn34)n2)cc1. The molecular weight excluding hydrogens is 567 g/mol. The average Bonchev–Trinajstić information content (AvgIpc) is 3.82. The molecule has 0 saturated carbocycles. The first-order valence-corrected chi connectivity index (χ1v) is 15.9. The lowest BCUT2D eigenvalue weighted by atomic mass is 10.0. The first kappa shape index (κ1) is 27.9. The van der Waals surface area contributed by atoms with Crippen molar-refractivity contribution in [3.8, 4) is 22.6 Å². The van der Waals surface area contributed by atoms with E-state index in [0.717, 1.165) is 51.1 Å². The van der Waals surface area contributed by atoms with Gasteiger partial charge in [0.25, 0.3) is 0 Å². The van der Waals surface area contributed by atoms with Gasteiger partial charge >= 0.3 is 0 Å². The van der Waals surface area contributed by atoms with E-state index in [1.54, 1.807) is 17.5 Å². The van der Waals surface area contributed by atoms with Crippen LogP contribution in [0.4, 0.5) is 17.3 Å². The molecule has 2 aromatic carbocycles. The van der Waals surface area contributed by atoms with Crippen LogP contribution in [0.5, 0.6) is 0 Å². The summed E-state index contributed by atoms with van der Waals surface area (Å²) in [6, 6.07) is 28.7. The largest absolute Gasteiger partial charge is 0.326 e. The highest BCUT2D eigenvalue weighted by atomic mass is 32.1. The Labute approximate surface area is 260 Å². The molecule has 7 rings (SSSR count). The number of imidazole rings is 1. The molecule has 1 amide bonds. The number of nitrogens with zero attached hydrogens (tertiary/aromatic N) is 5. The van der Waals surface area contributed by atoms with Crippen molar-refractivity contribution in [3.05, 3.63) is 113 Å². The molecule has 0 spiro atoms. The Morgan fingerprint density at radius 3 is 2.73 bits per heavy atom. The van der Waals surface area contributed by atoms with Gasteiger partial charge in [0.05, 0.1) is 23.5 Å². The molecule has 1 unspecified atom stereocenters. The van der Waals surface area contributed by atoms with Crippen molar-refractivity contribution < 1.29 is 4.79 Å². The molecule has 220 valence electrons. The summed E-state index contributed by atoms with van der Waals surface area (Å²) in [6.45, 7) is 4.47. The maximum atomic E-state index is 12.7. The first-order chi connectivity index (χ1) is 21.6. The van der Waals surface area contributed by atoms with Crippen LogP contribution in [0.15, 0.2) is 103 Å². The fourth-order valence-corrected chi connectivity index (χ4v) is 6.72. The Bertz CT molecular complexity index is 1900. The van der Waals surface area contributed by atoms with Crippen LogP contribution < -0.4 is 10.6 Å². The Morgan fingerprint density at radius 2 is 1.89 bits per heavy atom. The lowest BCUT2D eigenvalue weighted by Crippen LogP contribution is -2.22. The van der Waals surface area contributed by atoms with Crippen LogP contribution in [-0.2, 0) is 11.2 Å². The van der Waals surface area contributed by atoms with E-state index in [0.29, 0.717) is 18.4 Å². The fourth-order valence-electron chi connectivity index (χ4n) is 6.01. The van der Waals surface area contributed by atoms with Crippen LogP contribution in [0, 0.1) is 0 Å². The molecule has 44 heavy (non-hydrogen) atoms. The molecule has 0 bridgehead atoms. The molecule has 0 radical (unpaired) electrons. The second kappa shape index (κ2) is 12.4. The molecule has 0 aliphatic carbocycles. The lowest BCUT2D eigenvalue weighted by Gasteiger charge is -2.23. The van der Waals surface area contributed by atoms with E-state index in [1.807, 2.05) is 76.6 Å². The van der Waals surface area contributed by atoms with Crippen LogP contribution in [0.25, 0.3) is 28.3 Å². The van der Waals surface area contributed by atoms with Gasteiger partial charge in [-0.1, -0.05) is 43.3 Å². The molecule has 1 fully saturated rings. The molecule has 5 heterocycles. The van der Waals surface area contributed by atoms with Gasteiger partial charge in [-0.25, -0.2) is 15.0 Å². The lowest BCUT2D eigenvalue weighted by molar-refractivity contribution is -0.115. The van der Waals surface area contributed by atoms with Crippen molar-refractivity contribution >= 4 is 40.2 Å². The zero-order valence-corrected chi connectivity index (χ0v) is 25.3. The van der Waals surface area contributed by atoms with E-state index >= 15 is 0 Å². The van der Waals surface area contributed by atoms with Crippen molar-refractivity contribution in [2.24, 2.45) is 0 Å². The standard InChI is InChI=1S/C35H33N7OS/c1-2-41-19-6-11-30(41)24-13-15-26(16-14-24)38-35-36-18-17-29(39-35)34-33(40-31-12-3-4-20-42(31)34)25-8-5-9-27(22-25)37-32(43)23-28-10-7-21-44-28/h3-5,7-10,12-18,20-22,30H,2,6,11,19,23H2,1H3,(H,37,43)(H,36,38,39). The number of carbonyl (C=O) groups is 1. The van der Waals surface area contributed by atoms with Gasteiger partial charge in [0.1, 0.15) is 5.65 Å². The summed E-state index contributed by atoms with van der Waals surface area (Å²) in [6.07, 6.45) is 6.56. The minimum atomic E-state index is -0.0506. The number of likely N-dealkylation sites (tertiary alicyclic amines) is 1. The van der Waals surface area contributed by atoms with Crippen LogP contribution >= 0.6 is 11.3 Å². The molecule has 6 aromatic rings. The van der Waals surface area contributed by atoms with Crippen LogP contribution in [0.1, 0.15) is 36.2 Å². The third-order valence-electron chi connectivity index (χ3n) is 8.08. The molecule has 1 saturated heterocycles. The summed E-state index contributed by atoms with van der Waals surface area (Å²) in [5.74, 6) is 0.461. The van der Waals surface area contributed by atoms with Crippen molar-refractivity contribution in [2.45, 2.75) is 32.2 Å². The topological polar surface area (TPSA) is 87.5 Å². The van der Waals surface area contributed by atoms with E-state index in [1.165, 1.54) is 24.9 Å². The summed E-state index contributed by atoms with van der Waals surface area (Å²) in [7, 11) is 0. The smallest absolute Gasteiger partial charge is 0.229 e. The van der Waals surface area contributed by atoms with Gasteiger partial charge in [0.15, 0.2) is 0 Å². The van der Waals surface area contributed by atoms with E-state index in [9.17, 15) is 4.79 Å². The number of amides is 1. The number of rotatable bonds is 9. The fraction of sp³-hybridized carbons (Fsp3) is 0.200. The average molecular weight is 600 g/mol. The number of hydrogen-bond donors (Lipinski definition) is 2. The Morgan fingerprint density at radius 1 is 0.977 bits per heavy atom. The highest BCUT2D eigenvalue weighted by Crippen LogP contribution is 2.34. The molecule has 4 aromatic heterocycles. The zero-order chi connectivity index (χ0) is 29.9. The molecule has 1 aliphatic rings. The minimum Gasteiger partial charge on any atom is -0.326 e. The van der Waals surface area contributed by atoms with Gasteiger partial charge < -0.3 is 10.6 Å². The first-order valence-electron chi connectivity index (χ1n) is 15.0. The maximum Gasteiger partial charge on any atom is 0.229 e. The third kappa shape index (κ3) is 5.84. The Kier molecular flexibility index (Phi) is 7.87. The Hall–Kier alpha value is -4.86. The predicted molar refractivity (Wildman–Crippen MR) is 177 cm³/mol. The number of nitrogens with one attached hydrogen (secondary N) is 2. The highest BCUT2D eigenvalue weighted by Gasteiger charge is 2.24. The van der Waals surface area contributed by atoms with Gasteiger partial charge in [0.2, 0.25) is 11.9 Å². The number of fused-ring (bicyclic) bond motifs is 1. The monoisotopic (exact) mass is 599 g/mol. The van der Waals surface area contributed by atoms with E-state index in [-0.39, 0.29) is 5.91 Å². The van der Waals surface area contributed by atoms with Crippen molar-refractivity contribution in [1.29, 1.82) is 0 Å². The van der Waals surface area contributed by atoms with Crippen LogP contribution in [0.3, 0.4) is 0 Å². The number of benzene rings is 2. The van der Waals surface area contributed by atoms with E-state index in [4.69, 9.17) is 9.97 Å². The summed E-state index contributed by atoms with van der Waals surface area (Å²) in [5.41, 5.74) is 7.07. The quantitative estimate of drug-likeness (QED) is 0.178. The minimum absolute atomic E-state index is 0.0506. The van der Waals surface area contributed by atoms with Crippen LogP contribution in [0.2, 0.25) is 0 Å². The second-order valence-electron chi connectivity index (χ2n) is 10.9. The number of anilines is 3. The molecule has 1 atom stereocenters. The zero-order valence-electron chi connectivity index (χ0n) is 24.5. The van der Waals surface area contributed by atoms with Gasteiger partial charge in [-0.05, 0) is 85.4 Å². The third-order valence-corrected chi connectivity index (χ3v) is 8.96. The van der Waals surface area contributed by atoms with Gasteiger partial charge in [-0.15, -0.1) is 11.3 Å². The number of thiophene rings is 1. The number of aromatic nitrogens is 4. The van der Waals surface area contributed by atoms with Crippen LogP contribution in [-0.4, -0.2) is 43.2 Å². The number of hydrogen-bond acceptors (Lipinski definition) is 7. The number of pyridine rings is 1. The summed E-state index contributed by atoms with van der Waals surface area (Å²) in [5, 5.41) is 8.42. The summed E-state index contributed by atoms with van der Waals surface area (Å²) in [4.78, 5) is 30.7.